The van der Waals surface area contributed by atoms with Gasteiger partial charge in [0.1, 0.15) is 11.6 Å². The number of ether oxygens (including phenoxy) is 1. The number of nitrogens with two attached hydrogens (primary N) is 1. The fraction of sp³-hybridized carbons (Fsp3) is 0.480. The van der Waals surface area contributed by atoms with Crippen LogP contribution in [-0.4, -0.2) is 36.0 Å². The molecule has 9 heteroatoms. The van der Waals surface area contributed by atoms with Crippen molar-refractivity contribution in [2.75, 3.05) is 17.7 Å². The van der Waals surface area contributed by atoms with Crippen molar-refractivity contribution < 1.29 is 18.7 Å². The van der Waals surface area contributed by atoms with Crippen molar-refractivity contribution in [2.45, 2.75) is 66.5 Å². The van der Waals surface area contributed by atoms with Gasteiger partial charge >= 0.3 is 0 Å². The number of amides is 2. The largest absolute Gasteiger partial charge is 0.496 e. The summed E-state index contributed by atoms with van der Waals surface area (Å²) in [7, 11) is 1.58. The number of hydrogen-bond acceptors (Lipinski definition) is 6. The predicted octanol–water partition coefficient (Wildman–Crippen LogP) is 4.38. The zero-order chi connectivity index (χ0) is 25.6. The van der Waals surface area contributed by atoms with Crippen molar-refractivity contribution in [3.63, 3.8) is 0 Å². The summed E-state index contributed by atoms with van der Waals surface area (Å²) in [6.07, 6.45) is 1.17. The van der Waals surface area contributed by atoms with Crippen molar-refractivity contribution in [3.05, 3.63) is 41.2 Å². The number of aromatic nitrogens is 1. The van der Waals surface area contributed by atoms with E-state index >= 15 is 0 Å². The van der Waals surface area contributed by atoms with E-state index in [2.05, 4.69) is 20.9 Å². The minimum absolute atomic E-state index is 0.0611. The van der Waals surface area contributed by atoms with Crippen LogP contribution in [0.3, 0.4) is 0 Å². The Morgan fingerprint density at radius 1 is 1.15 bits per heavy atom. The molecule has 2 atom stereocenters. The van der Waals surface area contributed by atoms with Gasteiger partial charge in [0.05, 0.1) is 12.7 Å². The summed E-state index contributed by atoms with van der Waals surface area (Å²) >= 11 is 0. The van der Waals surface area contributed by atoms with E-state index in [0.717, 1.165) is 18.1 Å². The van der Waals surface area contributed by atoms with Crippen molar-refractivity contribution in [3.8, 4) is 5.75 Å². The van der Waals surface area contributed by atoms with E-state index in [0.29, 0.717) is 17.9 Å². The number of benzene rings is 1. The zero-order valence-corrected chi connectivity index (χ0v) is 21.0. The summed E-state index contributed by atoms with van der Waals surface area (Å²) in [5.74, 6) is -0.889. The maximum Gasteiger partial charge on any atom is 0.252 e. The lowest BCUT2D eigenvalue weighted by Crippen LogP contribution is -2.44. The standard InChI is InChI=1S/C25H36FN5O3/c1-8-16-9-10-17(11-20(16)34-7)30-23-18(22(27)33)12-19(26)24(31-23)29-15(3)14(2)28-21(32)13-25(4,5)6/h9-12,14-15H,8,13H2,1-7H3,(H2,27,33)(H,28,32)(H2,29,30,31). The predicted molar refractivity (Wildman–Crippen MR) is 133 cm³/mol. The Morgan fingerprint density at radius 2 is 1.82 bits per heavy atom. The zero-order valence-electron chi connectivity index (χ0n) is 21.0. The maximum absolute atomic E-state index is 14.8. The normalized spacial score (nSPS) is 13.1. The lowest BCUT2D eigenvalue weighted by atomic mass is 9.92. The molecule has 8 nitrogen and oxygen atoms in total. The van der Waals surface area contributed by atoms with Crippen molar-refractivity contribution in [2.24, 2.45) is 11.1 Å². The van der Waals surface area contributed by atoms with Gasteiger partial charge in [-0.15, -0.1) is 0 Å². The van der Waals surface area contributed by atoms with Crippen LogP contribution < -0.4 is 26.4 Å². The summed E-state index contributed by atoms with van der Waals surface area (Å²) in [5.41, 5.74) is 6.87. The van der Waals surface area contributed by atoms with Gasteiger partial charge in [0.2, 0.25) is 5.91 Å². The summed E-state index contributed by atoms with van der Waals surface area (Å²) in [6, 6.07) is 5.90. The van der Waals surface area contributed by atoms with Crippen LogP contribution in [0.25, 0.3) is 0 Å². The lowest BCUT2D eigenvalue weighted by molar-refractivity contribution is -0.123. The van der Waals surface area contributed by atoms with Gasteiger partial charge in [-0.2, -0.15) is 0 Å². The molecule has 0 saturated heterocycles. The van der Waals surface area contributed by atoms with Gasteiger partial charge in [0, 0.05) is 30.3 Å². The number of aryl methyl sites for hydroxylation is 1. The molecule has 1 aromatic heterocycles. The Labute approximate surface area is 200 Å². The van der Waals surface area contributed by atoms with E-state index < -0.39 is 11.7 Å². The van der Waals surface area contributed by atoms with Crippen LogP contribution in [0.15, 0.2) is 24.3 Å². The average Bonchev–Trinajstić information content (AvgIpc) is 2.73. The minimum Gasteiger partial charge on any atom is -0.496 e. The number of hydrogen-bond donors (Lipinski definition) is 4. The Morgan fingerprint density at radius 3 is 2.38 bits per heavy atom. The number of rotatable bonds is 10. The summed E-state index contributed by atoms with van der Waals surface area (Å²) < 4.78 is 20.2. The molecule has 2 rings (SSSR count). The summed E-state index contributed by atoms with van der Waals surface area (Å²) in [6.45, 7) is 11.6. The van der Waals surface area contributed by atoms with Crippen LogP contribution in [0.4, 0.5) is 21.7 Å². The minimum atomic E-state index is -0.812. The molecule has 2 amide bonds. The monoisotopic (exact) mass is 473 g/mol. The molecule has 2 aromatic rings. The second-order valence-electron chi connectivity index (χ2n) is 9.61. The first kappa shape index (κ1) is 26.9. The molecule has 5 N–H and O–H groups in total. The van der Waals surface area contributed by atoms with Crippen LogP contribution in [0, 0.1) is 11.2 Å². The number of halogens is 1. The highest BCUT2D eigenvalue weighted by atomic mass is 19.1. The highest BCUT2D eigenvalue weighted by molar-refractivity contribution is 5.98. The second-order valence-corrected chi connectivity index (χ2v) is 9.61. The SMILES string of the molecule is CCc1ccc(Nc2nc(NC(C)C(C)NC(=O)CC(C)(C)C)c(F)cc2C(N)=O)cc1OC. The first-order valence-corrected chi connectivity index (χ1v) is 11.3. The molecule has 0 aliphatic carbocycles. The first-order chi connectivity index (χ1) is 15.8. The highest BCUT2D eigenvalue weighted by Crippen LogP contribution is 2.28. The fourth-order valence-corrected chi connectivity index (χ4v) is 3.38. The van der Waals surface area contributed by atoms with Gasteiger partial charge in [-0.1, -0.05) is 33.8 Å². The van der Waals surface area contributed by atoms with Gasteiger partial charge in [0.25, 0.3) is 5.91 Å². The molecule has 0 bridgehead atoms. The molecule has 0 aliphatic heterocycles. The van der Waals surface area contributed by atoms with E-state index in [1.54, 1.807) is 13.2 Å². The third-order valence-electron chi connectivity index (χ3n) is 5.37. The van der Waals surface area contributed by atoms with Crippen molar-refractivity contribution in [1.82, 2.24) is 10.3 Å². The number of methoxy groups -OCH3 is 1. The molecule has 1 aromatic carbocycles. The molecule has 186 valence electrons. The summed E-state index contributed by atoms with van der Waals surface area (Å²) in [4.78, 5) is 28.5. The third-order valence-corrected chi connectivity index (χ3v) is 5.37. The van der Waals surface area contributed by atoms with E-state index in [4.69, 9.17) is 10.5 Å². The highest BCUT2D eigenvalue weighted by Gasteiger charge is 2.22. The Hall–Kier alpha value is -3.36. The van der Waals surface area contributed by atoms with Crippen molar-refractivity contribution in [1.29, 1.82) is 0 Å². The lowest BCUT2D eigenvalue weighted by Gasteiger charge is -2.25. The average molecular weight is 474 g/mol. The van der Waals surface area contributed by atoms with Gasteiger partial charge in [-0.3, -0.25) is 9.59 Å². The molecule has 0 spiro atoms. The quantitative estimate of drug-likeness (QED) is 0.407. The third kappa shape index (κ3) is 7.33. The van der Waals surface area contributed by atoms with Crippen LogP contribution in [0.1, 0.15) is 63.9 Å². The molecule has 0 fully saturated rings. The molecule has 0 aliphatic rings. The smallest absolute Gasteiger partial charge is 0.252 e. The Bertz CT molecular complexity index is 1040. The van der Waals surface area contributed by atoms with Crippen LogP contribution in [0.5, 0.6) is 5.75 Å². The molecule has 2 unspecified atom stereocenters. The number of pyridine rings is 1. The van der Waals surface area contributed by atoms with E-state index in [1.807, 2.05) is 53.7 Å². The molecular formula is C25H36FN5O3. The Kier molecular flexibility index (Phi) is 8.84. The van der Waals surface area contributed by atoms with Gasteiger partial charge in [-0.05, 0) is 43.4 Å². The topological polar surface area (TPSA) is 118 Å². The van der Waals surface area contributed by atoms with Gasteiger partial charge < -0.3 is 26.4 Å². The number of primary amides is 1. The number of nitrogens with zero attached hydrogens (tertiary/aromatic N) is 1. The fourth-order valence-electron chi connectivity index (χ4n) is 3.38. The molecule has 0 saturated carbocycles. The van der Waals surface area contributed by atoms with Gasteiger partial charge in [-0.25, -0.2) is 9.37 Å². The first-order valence-electron chi connectivity index (χ1n) is 11.3. The molecule has 34 heavy (non-hydrogen) atoms. The van der Waals surface area contributed by atoms with E-state index in [1.165, 1.54) is 0 Å². The number of carbonyl (C=O) groups excluding carboxylic acids is 2. The van der Waals surface area contributed by atoms with Crippen LogP contribution in [0.2, 0.25) is 0 Å². The molecule has 1 heterocycles. The number of carbonyl (C=O) groups is 2. The second kappa shape index (κ2) is 11.2. The molecule has 0 radical (unpaired) electrons. The Balaban J connectivity index is 2.27. The van der Waals surface area contributed by atoms with Crippen LogP contribution >= 0.6 is 0 Å². The van der Waals surface area contributed by atoms with E-state index in [-0.39, 0.29) is 40.6 Å². The van der Waals surface area contributed by atoms with Crippen molar-refractivity contribution >= 4 is 29.1 Å². The number of nitrogens with one attached hydrogen (secondary N) is 3. The maximum atomic E-state index is 14.8. The van der Waals surface area contributed by atoms with E-state index in [9.17, 15) is 14.0 Å². The van der Waals surface area contributed by atoms with Gasteiger partial charge in [0.15, 0.2) is 11.6 Å². The number of anilines is 3. The summed E-state index contributed by atoms with van der Waals surface area (Å²) in [5, 5.41) is 8.96. The van der Waals surface area contributed by atoms with Crippen LogP contribution in [-0.2, 0) is 11.2 Å². The molecular weight excluding hydrogens is 437 g/mol.